The van der Waals surface area contributed by atoms with Gasteiger partial charge in [-0.25, -0.2) is 0 Å². The molecule has 0 saturated carbocycles. The molecule has 0 bridgehead atoms. The molecule has 0 radical (unpaired) electrons. The standard InChI is InChI=1S/C7H10N4O5/c8-2-7(10-11-9)6(15)5(14)4(13)3(1-12)16-7/h3-6,12-15H,1H2/t3-,4+,5+,6-,7+/m1/s1. The summed E-state index contributed by atoms with van der Waals surface area (Å²) >= 11 is 0. The Bertz CT molecular complexity index is 349. The highest BCUT2D eigenvalue weighted by atomic mass is 16.6. The number of hydrogen-bond donors (Lipinski definition) is 4. The van der Waals surface area contributed by atoms with E-state index in [1.165, 1.54) is 6.07 Å². The van der Waals surface area contributed by atoms with Crippen LogP contribution in [0, 0.1) is 11.3 Å². The highest BCUT2D eigenvalue weighted by Crippen LogP contribution is 2.30. The third-order valence-electron chi connectivity index (χ3n) is 2.32. The van der Waals surface area contributed by atoms with Crippen molar-refractivity contribution in [2.45, 2.75) is 30.1 Å². The third-order valence-corrected chi connectivity index (χ3v) is 2.32. The van der Waals surface area contributed by atoms with Crippen molar-refractivity contribution in [2.75, 3.05) is 6.61 Å². The summed E-state index contributed by atoms with van der Waals surface area (Å²) in [4.78, 5) is 2.32. The molecule has 0 aromatic heterocycles. The van der Waals surface area contributed by atoms with E-state index in [2.05, 4.69) is 10.0 Å². The summed E-state index contributed by atoms with van der Waals surface area (Å²) in [6.07, 6.45) is -6.54. The van der Waals surface area contributed by atoms with Gasteiger partial charge in [0.1, 0.15) is 30.5 Å². The lowest BCUT2D eigenvalue weighted by Crippen LogP contribution is -2.63. The second kappa shape index (κ2) is 4.63. The van der Waals surface area contributed by atoms with Crippen LogP contribution in [0.2, 0.25) is 0 Å². The molecule has 5 atom stereocenters. The molecule has 0 spiro atoms. The molecule has 88 valence electrons. The van der Waals surface area contributed by atoms with Crippen molar-refractivity contribution in [3.8, 4) is 6.07 Å². The smallest absolute Gasteiger partial charge is 0.262 e. The summed E-state index contributed by atoms with van der Waals surface area (Å²) in [5.41, 5.74) is 5.91. The van der Waals surface area contributed by atoms with E-state index in [1.807, 2.05) is 0 Å². The maximum atomic E-state index is 9.50. The van der Waals surface area contributed by atoms with E-state index in [0.29, 0.717) is 0 Å². The normalized spacial score (nSPS) is 43.2. The van der Waals surface area contributed by atoms with Gasteiger partial charge in [0.2, 0.25) is 0 Å². The Balaban J connectivity index is 3.11. The minimum atomic E-state index is -2.35. The number of azide groups is 1. The molecule has 1 aliphatic rings. The minimum absolute atomic E-state index is 0.699. The molecule has 1 saturated heterocycles. The first-order valence-electron chi connectivity index (χ1n) is 4.32. The number of aliphatic hydroxyl groups excluding tert-OH is 4. The summed E-state index contributed by atoms with van der Waals surface area (Å²) in [5.74, 6) is 0. The van der Waals surface area contributed by atoms with Gasteiger partial charge in [0, 0.05) is 4.91 Å². The van der Waals surface area contributed by atoms with Crippen molar-refractivity contribution in [1.29, 1.82) is 5.26 Å². The lowest BCUT2D eigenvalue weighted by Gasteiger charge is -2.42. The summed E-state index contributed by atoms with van der Waals surface area (Å²) in [5, 5.41) is 48.9. The quantitative estimate of drug-likeness (QED) is 0.243. The van der Waals surface area contributed by atoms with Gasteiger partial charge in [-0.3, -0.25) is 0 Å². The van der Waals surface area contributed by atoms with E-state index in [9.17, 15) is 15.3 Å². The van der Waals surface area contributed by atoms with Crippen LogP contribution < -0.4 is 0 Å². The van der Waals surface area contributed by atoms with Crippen LogP contribution in [0.3, 0.4) is 0 Å². The fraction of sp³-hybridized carbons (Fsp3) is 0.857. The first-order chi connectivity index (χ1) is 7.52. The zero-order valence-electron chi connectivity index (χ0n) is 8.00. The predicted octanol–water partition coefficient (Wildman–Crippen LogP) is -2.01. The number of rotatable bonds is 2. The van der Waals surface area contributed by atoms with E-state index < -0.39 is 36.7 Å². The van der Waals surface area contributed by atoms with E-state index in [0.717, 1.165) is 0 Å². The Morgan fingerprint density at radius 3 is 2.50 bits per heavy atom. The molecule has 4 N–H and O–H groups in total. The SMILES string of the molecule is N#C[C@]1(N=[N+]=[N-])O[C@H](CO)[C@H](O)[C@H](O)[C@H]1O. The van der Waals surface area contributed by atoms with Crippen LogP contribution in [-0.4, -0.2) is 57.2 Å². The molecule has 0 amide bonds. The minimum Gasteiger partial charge on any atom is -0.394 e. The molecule has 9 heteroatoms. The van der Waals surface area contributed by atoms with Crippen LogP contribution >= 0.6 is 0 Å². The molecule has 9 nitrogen and oxygen atoms in total. The van der Waals surface area contributed by atoms with Gasteiger partial charge in [-0.15, -0.1) is 0 Å². The average Bonchev–Trinajstić information content (AvgIpc) is 2.30. The Kier molecular flexibility index (Phi) is 3.66. The Labute approximate surface area is 89.7 Å². The van der Waals surface area contributed by atoms with Crippen molar-refractivity contribution in [2.24, 2.45) is 5.11 Å². The van der Waals surface area contributed by atoms with Crippen LogP contribution in [-0.2, 0) is 4.74 Å². The molecule has 0 unspecified atom stereocenters. The Hall–Kier alpha value is -1.40. The fourth-order valence-electron chi connectivity index (χ4n) is 1.42. The largest absolute Gasteiger partial charge is 0.394 e. The van der Waals surface area contributed by atoms with Crippen LogP contribution in [0.1, 0.15) is 0 Å². The molecule has 16 heavy (non-hydrogen) atoms. The average molecular weight is 230 g/mol. The van der Waals surface area contributed by atoms with Gasteiger partial charge in [-0.1, -0.05) is 0 Å². The summed E-state index contributed by atoms with van der Waals surface area (Å²) in [6, 6.07) is 1.41. The van der Waals surface area contributed by atoms with Crippen molar-refractivity contribution < 1.29 is 25.2 Å². The highest BCUT2D eigenvalue weighted by Gasteiger charge is 2.53. The van der Waals surface area contributed by atoms with Gasteiger partial charge >= 0.3 is 0 Å². The van der Waals surface area contributed by atoms with Crippen LogP contribution in [0.15, 0.2) is 5.11 Å². The Morgan fingerprint density at radius 1 is 1.44 bits per heavy atom. The zero-order valence-corrected chi connectivity index (χ0v) is 8.00. The Morgan fingerprint density at radius 2 is 2.06 bits per heavy atom. The molecule has 0 aromatic rings. The van der Waals surface area contributed by atoms with Gasteiger partial charge in [0.05, 0.1) is 6.61 Å². The summed E-state index contributed by atoms with van der Waals surface area (Å²) in [7, 11) is 0. The highest BCUT2D eigenvalue weighted by molar-refractivity contribution is 5.12. The lowest BCUT2D eigenvalue weighted by atomic mass is 9.92. The van der Waals surface area contributed by atoms with Crippen molar-refractivity contribution in [3.63, 3.8) is 0 Å². The van der Waals surface area contributed by atoms with Crippen LogP contribution in [0.25, 0.3) is 10.4 Å². The van der Waals surface area contributed by atoms with Crippen LogP contribution in [0.4, 0.5) is 0 Å². The molecule has 1 heterocycles. The number of nitriles is 1. The van der Waals surface area contributed by atoms with Gasteiger partial charge in [-0.05, 0) is 10.6 Å². The zero-order chi connectivity index (χ0) is 12.3. The van der Waals surface area contributed by atoms with Gasteiger partial charge in [0.25, 0.3) is 5.72 Å². The van der Waals surface area contributed by atoms with E-state index in [4.69, 9.17) is 20.6 Å². The molecular formula is C7H10N4O5. The van der Waals surface area contributed by atoms with Crippen molar-refractivity contribution in [1.82, 2.24) is 0 Å². The first kappa shape index (κ1) is 12.7. The second-order valence-corrected chi connectivity index (χ2v) is 3.26. The van der Waals surface area contributed by atoms with Crippen molar-refractivity contribution in [3.05, 3.63) is 10.4 Å². The summed E-state index contributed by atoms with van der Waals surface area (Å²) < 4.78 is 4.82. The molecule has 0 aromatic carbocycles. The maximum Gasteiger partial charge on any atom is 0.262 e. The van der Waals surface area contributed by atoms with Gasteiger partial charge in [-0.2, -0.15) is 5.26 Å². The second-order valence-electron chi connectivity index (χ2n) is 3.26. The molecule has 1 fully saturated rings. The monoisotopic (exact) mass is 230 g/mol. The molecular weight excluding hydrogens is 220 g/mol. The van der Waals surface area contributed by atoms with Crippen LogP contribution in [0.5, 0.6) is 0 Å². The number of hydrogen-bond acceptors (Lipinski definition) is 7. The third kappa shape index (κ3) is 1.81. The fourth-order valence-corrected chi connectivity index (χ4v) is 1.42. The van der Waals surface area contributed by atoms with E-state index in [-0.39, 0.29) is 0 Å². The number of aliphatic hydroxyl groups is 4. The molecule has 1 rings (SSSR count). The summed E-state index contributed by atoms with van der Waals surface area (Å²) in [6.45, 7) is -0.699. The number of nitrogens with zero attached hydrogens (tertiary/aromatic N) is 4. The molecule has 0 aliphatic carbocycles. The van der Waals surface area contributed by atoms with Crippen molar-refractivity contribution >= 4 is 0 Å². The van der Waals surface area contributed by atoms with Gasteiger partial charge in [0.15, 0.2) is 0 Å². The van der Waals surface area contributed by atoms with E-state index in [1.54, 1.807) is 0 Å². The lowest BCUT2D eigenvalue weighted by molar-refractivity contribution is -0.252. The predicted molar refractivity (Wildman–Crippen MR) is 47.5 cm³/mol. The first-order valence-corrected chi connectivity index (χ1v) is 4.32. The topological polar surface area (TPSA) is 163 Å². The maximum absolute atomic E-state index is 9.50. The molecule has 1 aliphatic heterocycles. The number of ether oxygens (including phenoxy) is 1. The van der Waals surface area contributed by atoms with Gasteiger partial charge < -0.3 is 25.2 Å². The van der Waals surface area contributed by atoms with E-state index >= 15 is 0 Å².